The van der Waals surface area contributed by atoms with Gasteiger partial charge in [-0.25, -0.2) is 0 Å². The number of hydrogen-bond acceptors (Lipinski definition) is 1. The van der Waals surface area contributed by atoms with Gasteiger partial charge in [0.1, 0.15) is 0 Å². The molecular formula is C15H18BrNO. The van der Waals surface area contributed by atoms with Crippen LogP contribution < -0.4 is 5.32 Å². The number of amides is 1. The second kappa shape index (κ2) is 5.04. The number of halogens is 1. The van der Waals surface area contributed by atoms with Gasteiger partial charge >= 0.3 is 0 Å². The summed E-state index contributed by atoms with van der Waals surface area (Å²) in [5.74, 6) is 2.02. The maximum Gasteiger partial charge on any atom is 0.223 e. The first-order valence-electron chi connectivity index (χ1n) is 6.71. The number of hydrogen-bond donors (Lipinski definition) is 1. The molecule has 2 nitrogen and oxygen atoms in total. The van der Waals surface area contributed by atoms with Crippen molar-refractivity contribution >= 4 is 21.8 Å². The summed E-state index contributed by atoms with van der Waals surface area (Å²) < 4.78 is 0. The Bertz CT molecular complexity index is 450. The number of carbonyl (C=O) groups is 1. The monoisotopic (exact) mass is 307 g/mol. The molecule has 1 aromatic rings. The van der Waals surface area contributed by atoms with Gasteiger partial charge in [0.25, 0.3) is 0 Å². The standard InChI is InChI=1S/C15H18BrNO/c16-8-10-3-1-4-11(7-10)9-17-15(18)14-12-5-2-6-13(12)14/h1,3-4,7,12-14H,2,5-6,8-9H2,(H,17,18). The van der Waals surface area contributed by atoms with E-state index < -0.39 is 0 Å². The summed E-state index contributed by atoms with van der Waals surface area (Å²) in [4.78, 5) is 12.0. The first-order valence-corrected chi connectivity index (χ1v) is 7.83. The van der Waals surface area contributed by atoms with E-state index in [1.54, 1.807) is 0 Å². The van der Waals surface area contributed by atoms with Crippen molar-refractivity contribution in [3.05, 3.63) is 35.4 Å². The number of nitrogens with one attached hydrogen (secondary N) is 1. The quantitative estimate of drug-likeness (QED) is 0.850. The van der Waals surface area contributed by atoms with Gasteiger partial charge in [-0.05, 0) is 35.8 Å². The summed E-state index contributed by atoms with van der Waals surface area (Å²) in [5.41, 5.74) is 2.44. The predicted octanol–water partition coefficient (Wildman–Crippen LogP) is 3.24. The molecule has 2 saturated carbocycles. The van der Waals surface area contributed by atoms with Gasteiger partial charge < -0.3 is 5.32 Å². The Labute approximate surface area is 116 Å². The van der Waals surface area contributed by atoms with Crippen molar-refractivity contribution in [1.82, 2.24) is 5.32 Å². The van der Waals surface area contributed by atoms with Gasteiger partial charge in [0.2, 0.25) is 5.91 Å². The zero-order valence-corrected chi connectivity index (χ0v) is 11.9. The molecule has 0 bridgehead atoms. The van der Waals surface area contributed by atoms with Crippen LogP contribution in [-0.4, -0.2) is 5.91 Å². The molecule has 0 spiro atoms. The second-order valence-corrected chi connectivity index (χ2v) is 6.02. The van der Waals surface area contributed by atoms with Gasteiger partial charge in [0.05, 0.1) is 0 Å². The molecule has 2 fully saturated rings. The summed E-state index contributed by atoms with van der Waals surface area (Å²) in [6.07, 6.45) is 3.86. The van der Waals surface area contributed by atoms with Crippen molar-refractivity contribution < 1.29 is 4.79 Å². The van der Waals surface area contributed by atoms with E-state index >= 15 is 0 Å². The van der Waals surface area contributed by atoms with Gasteiger partial charge in [0.15, 0.2) is 0 Å². The molecule has 0 aliphatic heterocycles. The lowest BCUT2D eigenvalue weighted by atomic mass is 10.1. The molecule has 0 saturated heterocycles. The van der Waals surface area contributed by atoms with Crippen LogP contribution in [-0.2, 0) is 16.7 Å². The number of fused-ring (bicyclic) bond motifs is 1. The lowest BCUT2D eigenvalue weighted by molar-refractivity contribution is -0.123. The highest BCUT2D eigenvalue weighted by molar-refractivity contribution is 9.08. The highest BCUT2D eigenvalue weighted by atomic mass is 79.9. The van der Waals surface area contributed by atoms with Crippen LogP contribution in [0.25, 0.3) is 0 Å². The molecule has 1 aromatic carbocycles. The summed E-state index contributed by atoms with van der Waals surface area (Å²) in [5, 5.41) is 3.95. The van der Waals surface area contributed by atoms with Crippen molar-refractivity contribution in [1.29, 1.82) is 0 Å². The van der Waals surface area contributed by atoms with Crippen LogP contribution in [0.5, 0.6) is 0 Å². The van der Waals surface area contributed by atoms with Crippen LogP contribution in [0, 0.1) is 17.8 Å². The summed E-state index contributed by atoms with van der Waals surface area (Å²) in [6, 6.07) is 8.35. The van der Waals surface area contributed by atoms with E-state index in [1.807, 2.05) is 6.07 Å². The summed E-state index contributed by atoms with van der Waals surface area (Å²) in [7, 11) is 0. The highest BCUT2D eigenvalue weighted by Crippen LogP contribution is 2.57. The molecular weight excluding hydrogens is 290 g/mol. The van der Waals surface area contributed by atoms with Gasteiger partial charge in [0, 0.05) is 17.8 Å². The van der Waals surface area contributed by atoms with Crippen LogP contribution in [0.2, 0.25) is 0 Å². The summed E-state index contributed by atoms with van der Waals surface area (Å²) in [6.45, 7) is 0.662. The number of rotatable bonds is 4. The largest absolute Gasteiger partial charge is 0.352 e. The predicted molar refractivity (Wildman–Crippen MR) is 75.2 cm³/mol. The maximum absolute atomic E-state index is 12.0. The smallest absolute Gasteiger partial charge is 0.223 e. The van der Waals surface area contributed by atoms with Crippen LogP contribution in [0.3, 0.4) is 0 Å². The minimum atomic E-state index is 0.272. The van der Waals surface area contributed by atoms with Gasteiger partial charge in [-0.2, -0.15) is 0 Å². The lowest BCUT2D eigenvalue weighted by Gasteiger charge is -2.07. The molecule has 2 unspecified atom stereocenters. The SMILES string of the molecule is O=C(NCc1cccc(CBr)c1)C1C2CCCC21. The Kier molecular flexibility index (Phi) is 3.42. The molecule has 1 N–H and O–H groups in total. The molecule has 2 atom stereocenters. The molecule has 96 valence electrons. The topological polar surface area (TPSA) is 29.1 Å². The Morgan fingerprint density at radius 3 is 2.72 bits per heavy atom. The maximum atomic E-state index is 12.0. The zero-order chi connectivity index (χ0) is 12.5. The minimum Gasteiger partial charge on any atom is -0.352 e. The highest BCUT2D eigenvalue weighted by Gasteiger charge is 2.56. The van der Waals surface area contributed by atoms with Crippen molar-refractivity contribution in [3.8, 4) is 0 Å². The summed E-state index contributed by atoms with van der Waals surface area (Å²) >= 11 is 3.45. The Hall–Kier alpha value is -0.830. The Balaban J connectivity index is 1.53. The van der Waals surface area contributed by atoms with Gasteiger partial charge in [-0.15, -0.1) is 0 Å². The van der Waals surface area contributed by atoms with E-state index in [2.05, 4.69) is 39.4 Å². The van der Waals surface area contributed by atoms with Crippen LogP contribution in [0.4, 0.5) is 0 Å². The van der Waals surface area contributed by atoms with Crippen molar-refractivity contribution in [2.45, 2.75) is 31.1 Å². The average Bonchev–Trinajstić information content (AvgIpc) is 2.89. The fourth-order valence-electron chi connectivity index (χ4n) is 3.34. The molecule has 0 heterocycles. The second-order valence-electron chi connectivity index (χ2n) is 5.46. The lowest BCUT2D eigenvalue weighted by Crippen LogP contribution is -2.26. The molecule has 2 aliphatic carbocycles. The Morgan fingerprint density at radius 1 is 1.28 bits per heavy atom. The average molecular weight is 308 g/mol. The molecule has 1 amide bonds. The number of alkyl halides is 1. The van der Waals surface area contributed by atoms with E-state index in [-0.39, 0.29) is 5.91 Å². The minimum absolute atomic E-state index is 0.272. The molecule has 0 aromatic heterocycles. The van der Waals surface area contributed by atoms with Crippen LogP contribution in [0.15, 0.2) is 24.3 Å². The fourth-order valence-corrected chi connectivity index (χ4v) is 3.69. The normalized spacial score (nSPS) is 28.8. The van der Waals surface area contributed by atoms with E-state index in [4.69, 9.17) is 0 Å². The third-order valence-corrected chi connectivity index (χ3v) is 4.97. The van der Waals surface area contributed by atoms with E-state index in [1.165, 1.54) is 30.4 Å². The number of carbonyl (C=O) groups excluding carboxylic acids is 1. The molecule has 18 heavy (non-hydrogen) atoms. The van der Waals surface area contributed by atoms with Crippen LogP contribution in [0.1, 0.15) is 30.4 Å². The first-order chi connectivity index (χ1) is 8.79. The molecule has 0 radical (unpaired) electrons. The first kappa shape index (κ1) is 12.2. The van der Waals surface area contributed by atoms with E-state index in [0.717, 1.165) is 5.33 Å². The zero-order valence-electron chi connectivity index (χ0n) is 10.4. The fraction of sp³-hybridized carbons (Fsp3) is 0.533. The third kappa shape index (κ3) is 2.33. The Morgan fingerprint density at radius 2 is 2.00 bits per heavy atom. The van der Waals surface area contributed by atoms with Crippen LogP contribution >= 0.6 is 15.9 Å². The van der Waals surface area contributed by atoms with E-state index in [0.29, 0.717) is 24.3 Å². The van der Waals surface area contributed by atoms with Crippen molar-refractivity contribution in [2.24, 2.45) is 17.8 Å². The third-order valence-electron chi connectivity index (χ3n) is 4.32. The van der Waals surface area contributed by atoms with Crippen molar-refractivity contribution in [2.75, 3.05) is 0 Å². The molecule has 2 aliphatic rings. The molecule has 3 rings (SSSR count). The van der Waals surface area contributed by atoms with Crippen molar-refractivity contribution in [3.63, 3.8) is 0 Å². The van der Waals surface area contributed by atoms with Gasteiger partial charge in [-0.1, -0.05) is 46.6 Å². The number of benzene rings is 1. The van der Waals surface area contributed by atoms with Gasteiger partial charge in [-0.3, -0.25) is 4.79 Å². The molecule has 3 heteroatoms. The van der Waals surface area contributed by atoms with E-state index in [9.17, 15) is 4.79 Å².